The Morgan fingerprint density at radius 2 is 2.00 bits per heavy atom. The average Bonchev–Trinajstić information content (AvgIpc) is 2.01. The van der Waals surface area contributed by atoms with Gasteiger partial charge in [-0.05, 0) is 6.42 Å². The van der Waals surface area contributed by atoms with E-state index in [1.807, 2.05) is 0 Å². The van der Waals surface area contributed by atoms with E-state index in [2.05, 4.69) is 4.74 Å². The van der Waals surface area contributed by atoms with Crippen molar-refractivity contribution in [2.45, 2.75) is 32.4 Å². The molecule has 78 valence electrons. The van der Waals surface area contributed by atoms with Crippen molar-refractivity contribution in [1.29, 1.82) is 0 Å². The zero-order valence-electron chi connectivity index (χ0n) is 7.49. The standard InChI is InChI=1S/C8H13F3O2/c1-2-7(12)4-3-5-13-6-8(9,10)11/h2-6H2,1H3. The van der Waals surface area contributed by atoms with E-state index in [-0.39, 0.29) is 12.4 Å². The normalized spacial score (nSPS) is 11.7. The van der Waals surface area contributed by atoms with Gasteiger partial charge in [0, 0.05) is 19.4 Å². The van der Waals surface area contributed by atoms with Gasteiger partial charge in [-0.2, -0.15) is 13.2 Å². The molecule has 0 aliphatic heterocycles. The molecule has 13 heavy (non-hydrogen) atoms. The van der Waals surface area contributed by atoms with Crippen molar-refractivity contribution < 1.29 is 22.7 Å². The molecule has 0 aliphatic rings. The van der Waals surface area contributed by atoms with E-state index in [1.54, 1.807) is 6.92 Å². The highest BCUT2D eigenvalue weighted by Crippen LogP contribution is 2.14. The van der Waals surface area contributed by atoms with Crippen molar-refractivity contribution in [1.82, 2.24) is 0 Å². The van der Waals surface area contributed by atoms with E-state index in [9.17, 15) is 18.0 Å². The summed E-state index contributed by atoms with van der Waals surface area (Å²) in [5.74, 6) is 0.0515. The van der Waals surface area contributed by atoms with Crippen LogP contribution in [0.15, 0.2) is 0 Å². The van der Waals surface area contributed by atoms with E-state index >= 15 is 0 Å². The van der Waals surface area contributed by atoms with Gasteiger partial charge < -0.3 is 4.74 Å². The van der Waals surface area contributed by atoms with E-state index in [1.165, 1.54) is 0 Å². The molecule has 5 heteroatoms. The van der Waals surface area contributed by atoms with Gasteiger partial charge >= 0.3 is 6.18 Å². The highest BCUT2D eigenvalue weighted by molar-refractivity contribution is 5.77. The summed E-state index contributed by atoms with van der Waals surface area (Å²) in [6.45, 7) is 0.484. The molecular formula is C8H13F3O2. The van der Waals surface area contributed by atoms with Crippen LogP contribution in [0.4, 0.5) is 13.2 Å². The Labute approximate surface area is 75.1 Å². The maximum atomic E-state index is 11.5. The van der Waals surface area contributed by atoms with Crippen molar-refractivity contribution in [2.24, 2.45) is 0 Å². The minimum Gasteiger partial charge on any atom is -0.372 e. The van der Waals surface area contributed by atoms with Crippen LogP contribution in [0.25, 0.3) is 0 Å². The maximum absolute atomic E-state index is 11.5. The van der Waals surface area contributed by atoms with Gasteiger partial charge in [0.2, 0.25) is 0 Å². The number of hydrogen-bond donors (Lipinski definition) is 0. The van der Waals surface area contributed by atoms with Crippen molar-refractivity contribution >= 4 is 5.78 Å². The first-order valence-electron chi connectivity index (χ1n) is 4.12. The van der Waals surface area contributed by atoms with Crippen LogP contribution in [-0.4, -0.2) is 25.2 Å². The fourth-order valence-electron chi connectivity index (χ4n) is 0.736. The lowest BCUT2D eigenvalue weighted by atomic mass is 10.2. The quantitative estimate of drug-likeness (QED) is 0.612. The second kappa shape index (κ2) is 5.96. The molecule has 2 nitrogen and oxygen atoms in total. The second-order valence-corrected chi connectivity index (χ2v) is 2.66. The van der Waals surface area contributed by atoms with Crippen LogP contribution >= 0.6 is 0 Å². The first kappa shape index (κ1) is 12.4. The van der Waals surface area contributed by atoms with Crippen molar-refractivity contribution in [3.05, 3.63) is 0 Å². The van der Waals surface area contributed by atoms with Crippen molar-refractivity contribution in [3.63, 3.8) is 0 Å². The number of Topliss-reactive ketones (excluding diaryl/α,β-unsaturated/α-hetero) is 1. The molecule has 0 rings (SSSR count). The lowest BCUT2D eigenvalue weighted by molar-refractivity contribution is -0.174. The van der Waals surface area contributed by atoms with Crippen LogP contribution < -0.4 is 0 Å². The topological polar surface area (TPSA) is 26.3 Å². The summed E-state index contributed by atoms with van der Waals surface area (Å²) in [6.07, 6.45) is -3.18. The lowest BCUT2D eigenvalue weighted by Gasteiger charge is -2.06. The Kier molecular flexibility index (Phi) is 5.70. The zero-order chi connectivity index (χ0) is 10.3. The van der Waals surface area contributed by atoms with Gasteiger partial charge in [0.1, 0.15) is 12.4 Å². The predicted octanol–water partition coefficient (Wildman–Crippen LogP) is 2.32. The molecule has 0 aromatic carbocycles. The number of alkyl halides is 3. The van der Waals surface area contributed by atoms with Gasteiger partial charge in [-0.25, -0.2) is 0 Å². The van der Waals surface area contributed by atoms with Gasteiger partial charge in [0.05, 0.1) is 0 Å². The number of ether oxygens (including phenoxy) is 1. The highest BCUT2D eigenvalue weighted by Gasteiger charge is 2.27. The van der Waals surface area contributed by atoms with Crippen LogP contribution in [0.1, 0.15) is 26.2 Å². The number of halogens is 3. The Balaban J connectivity index is 3.22. The predicted molar refractivity (Wildman–Crippen MR) is 41.4 cm³/mol. The van der Waals surface area contributed by atoms with E-state index in [0.717, 1.165) is 0 Å². The van der Waals surface area contributed by atoms with Crippen molar-refractivity contribution in [2.75, 3.05) is 13.2 Å². The Hall–Kier alpha value is -0.580. The number of ketones is 1. The third-order valence-corrected chi connectivity index (χ3v) is 1.40. The summed E-state index contributed by atoms with van der Waals surface area (Å²) >= 11 is 0. The van der Waals surface area contributed by atoms with Gasteiger partial charge in [-0.1, -0.05) is 6.92 Å². The molecule has 0 aromatic rings. The summed E-state index contributed by atoms with van der Waals surface area (Å²) in [5.41, 5.74) is 0. The number of rotatable bonds is 6. The molecule has 0 N–H and O–H groups in total. The molecule has 0 saturated carbocycles. The molecule has 0 spiro atoms. The third kappa shape index (κ3) is 9.33. The van der Waals surface area contributed by atoms with Gasteiger partial charge in [0.25, 0.3) is 0 Å². The molecule has 0 unspecified atom stereocenters. The first-order chi connectivity index (χ1) is 5.95. The largest absolute Gasteiger partial charge is 0.411 e. The molecule has 0 aliphatic carbocycles. The van der Waals surface area contributed by atoms with Crippen LogP contribution in [0.3, 0.4) is 0 Å². The maximum Gasteiger partial charge on any atom is 0.411 e. The molecule has 0 bridgehead atoms. The smallest absolute Gasteiger partial charge is 0.372 e. The Morgan fingerprint density at radius 3 is 2.46 bits per heavy atom. The molecule has 0 fully saturated rings. The molecule has 0 aromatic heterocycles. The average molecular weight is 198 g/mol. The molecule has 0 amide bonds. The monoisotopic (exact) mass is 198 g/mol. The number of carbonyl (C=O) groups excluding carboxylic acids is 1. The summed E-state index contributed by atoms with van der Waals surface area (Å²) in [4.78, 5) is 10.7. The molecule has 0 atom stereocenters. The molecule has 0 saturated heterocycles. The SMILES string of the molecule is CCC(=O)CCCOCC(F)(F)F. The molecular weight excluding hydrogens is 185 g/mol. The Bertz CT molecular complexity index is 154. The van der Waals surface area contributed by atoms with Crippen molar-refractivity contribution in [3.8, 4) is 0 Å². The lowest BCUT2D eigenvalue weighted by Crippen LogP contribution is -2.17. The number of hydrogen-bond acceptors (Lipinski definition) is 2. The molecule has 0 radical (unpaired) electrons. The van der Waals surface area contributed by atoms with Gasteiger partial charge in [-0.3, -0.25) is 4.79 Å². The fraction of sp³-hybridized carbons (Fsp3) is 0.875. The van der Waals surface area contributed by atoms with Gasteiger partial charge in [-0.15, -0.1) is 0 Å². The summed E-state index contributed by atoms with van der Waals surface area (Å²) < 4.78 is 38.9. The number of carbonyl (C=O) groups is 1. The fourth-order valence-corrected chi connectivity index (χ4v) is 0.736. The van der Waals surface area contributed by atoms with Gasteiger partial charge in [0.15, 0.2) is 0 Å². The first-order valence-corrected chi connectivity index (χ1v) is 4.12. The summed E-state index contributed by atoms with van der Waals surface area (Å²) in [5, 5.41) is 0. The van der Waals surface area contributed by atoms with Crippen LogP contribution in [-0.2, 0) is 9.53 Å². The summed E-state index contributed by atoms with van der Waals surface area (Å²) in [7, 11) is 0. The second-order valence-electron chi connectivity index (χ2n) is 2.66. The zero-order valence-corrected chi connectivity index (χ0v) is 7.49. The van der Waals surface area contributed by atoms with E-state index in [4.69, 9.17) is 0 Å². The summed E-state index contributed by atoms with van der Waals surface area (Å²) in [6, 6.07) is 0. The highest BCUT2D eigenvalue weighted by atomic mass is 19.4. The van der Waals surface area contributed by atoms with E-state index < -0.39 is 12.8 Å². The third-order valence-electron chi connectivity index (χ3n) is 1.40. The minimum absolute atomic E-state index is 0.00868. The van der Waals surface area contributed by atoms with E-state index in [0.29, 0.717) is 19.3 Å². The molecule has 0 heterocycles. The van der Waals surface area contributed by atoms with Crippen LogP contribution in [0.2, 0.25) is 0 Å². The van der Waals surface area contributed by atoms with Crippen LogP contribution in [0, 0.1) is 0 Å². The van der Waals surface area contributed by atoms with Crippen LogP contribution in [0.5, 0.6) is 0 Å². The minimum atomic E-state index is -4.27. The Morgan fingerprint density at radius 1 is 1.38 bits per heavy atom.